The first-order chi connectivity index (χ1) is 16.9. The summed E-state index contributed by atoms with van der Waals surface area (Å²) in [4.78, 5) is 23.8. The Morgan fingerprint density at radius 3 is 2.89 bits per heavy atom. The Morgan fingerprint density at radius 1 is 1.23 bits per heavy atom. The lowest BCUT2D eigenvalue weighted by molar-refractivity contribution is -0.124. The smallest absolute Gasteiger partial charge is 0.239 e. The Labute approximate surface area is 213 Å². The fourth-order valence-electron chi connectivity index (χ4n) is 3.94. The highest BCUT2D eigenvalue weighted by atomic mass is 79.9. The molecule has 0 radical (unpaired) electrons. The molecule has 0 saturated carbocycles. The third kappa shape index (κ3) is 6.55. The number of aromatic nitrogens is 2. The highest BCUT2D eigenvalue weighted by Gasteiger charge is 2.17. The molecule has 0 aliphatic carbocycles. The van der Waals surface area contributed by atoms with E-state index in [-0.39, 0.29) is 12.5 Å². The summed E-state index contributed by atoms with van der Waals surface area (Å²) in [6.45, 7) is 1.82. The lowest BCUT2D eigenvalue weighted by Crippen LogP contribution is -2.47. The van der Waals surface area contributed by atoms with Crippen LogP contribution >= 0.6 is 15.9 Å². The molecule has 1 atom stereocenters. The molecule has 4 rings (SSSR count). The first-order valence-corrected chi connectivity index (χ1v) is 12.1. The molecule has 1 aliphatic rings. The maximum atomic E-state index is 12.6. The molecule has 1 amide bonds. The third-order valence-electron chi connectivity index (χ3n) is 5.73. The van der Waals surface area contributed by atoms with Crippen molar-refractivity contribution in [3.63, 3.8) is 0 Å². The Bertz CT molecular complexity index is 1190. The van der Waals surface area contributed by atoms with Gasteiger partial charge in [-0.25, -0.2) is 9.97 Å². The normalized spacial score (nSPS) is 17.4. The molecule has 0 spiro atoms. The molecule has 0 unspecified atom stereocenters. The molecule has 184 valence electrons. The van der Waals surface area contributed by atoms with E-state index in [0.29, 0.717) is 32.1 Å². The maximum Gasteiger partial charge on any atom is 0.239 e. The molecule has 6 bridgehead atoms. The number of fused-ring (bicyclic) bond motifs is 7. The lowest BCUT2D eigenvalue weighted by atomic mass is 10.1. The van der Waals surface area contributed by atoms with E-state index >= 15 is 0 Å². The van der Waals surface area contributed by atoms with E-state index in [1.165, 1.54) is 0 Å². The number of nitrogens with one attached hydrogen (secondary N) is 3. The topological polar surface area (TPSA) is 112 Å². The summed E-state index contributed by atoms with van der Waals surface area (Å²) in [7, 11) is 3.64. The van der Waals surface area contributed by atoms with E-state index in [1.54, 1.807) is 13.3 Å². The molecule has 3 aromatic rings. The molecule has 2 aromatic carbocycles. The Morgan fingerprint density at radius 2 is 2.09 bits per heavy atom. The van der Waals surface area contributed by atoms with Crippen molar-refractivity contribution in [2.75, 3.05) is 39.2 Å². The van der Waals surface area contributed by atoms with Crippen LogP contribution in [0.15, 0.2) is 53.1 Å². The second-order valence-electron chi connectivity index (χ2n) is 8.41. The number of carbonyl (C=O) groups is 1. The van der Waals surface area contributed by atoms with Crippen LogP contribution < -0.4 is 20.7 Å². The van der Waals surface area contributed by atoms with E-state index in [9.17, 15) is 9.90 Å². The zero-order valence-electron chi connectivity index (χ0n) is 19.7. The summed E-state index contributed by atoms with van der Waals surface area (Å²) in [5, 5.41) is 19.1. The second kappa shape index (κ2) is 11.6. The van der Waals surface area contributed by atoms with Crippen molar-refractivity contribution >= 4 is 33.5 Å². The number of benzene rings is 2. The third-order valence-corrected chi connectivity index (χ3v) is 6.19. The van der Waals surface area contributed by atoms with Crippen LogP contribution in [0.2, 0.25) is 0 Å². The minimum atomic E-state index is -0.713. The van der Waals surface area contributed by atoms with Crippen LogP contribution in [0.1, 0.15) is 11.1 Å². The second-order valence-corrected chi connectivity index (χ2v) is 9.33. The number of hydrogen-bond acceptors (Lipinski definition) is 8. The van der Waals surface area contributed by atoms with E-state index in [0.717, 1.165) is 38.3 Å². The van der Waals surface area contributed by atoms with Crippen LogP contribution in [-0.2, 0) is 17.9 Å². The molecule has 2 heterocycles. The van der Waals surface area contributed by atoms with E-state index in [1.807, 2.05) is 43.4 Å². The zero-order chi connectivity index (χ0) is 24.8. The monoisotopic (exact) mass is 540 g/mol. The molecule has 4 N–H and O–H groups in total. The predicted molar refractivity (Wildman–Crippen MR) is 139 cm³/mol. The minimum Gasteiger partial charge on any atom is -0.496 e. The first-order valence-electron chi connectivity index (χ1n) is 11.3. The number of rotatable bonds is 2. The maximum absolute atomic E-state index is 12.6. The van der Waals surface area contributed by atoms with Gasteiger partial charge in [-0.05, 0) is 55.1 Å². The molecule has 10 heteroatoms. The zero-order valence-corrected chi connectivity index (χ0v) is 21.3. The Balaban J connectivity index is 1.71. The highest BCUT2D eigenvalue weighted by Crippen LogP contribution is 2.28. The number of halogens is 1. The summed E-state index contributed by atoms with van der Waals surface area (Å²) in [6, 6.07) is 13.0. The fourth-order valence-corrected chi connectivity index (χ4v) is 4.48. The van der Waals surface area contributed by atoms with Crippen LogP contribution in [0.4, 0.5) is 11.6 Å². The molecular weight excluding hydrogens is 512 g/mol. The standard InChI is InChI=1S/C25H29BrN6O3/c1-32-8-7-27-24(34)22(15-33)29-13-16-9-19(26)12-20(10-16)30-25-28-6-5-21(31-25)17-3-4-23(35-2)18(11-17)14-32/h3-6,9-12,22,29,33H,7-8,13-15H2,1-2H3,(H,27,34)(H,28,30,31)/t22-/m0/s1. The quantitative estimate of drug-likeness (QED) is 0.392. The molecule has 0 saturated heterocycles. The predicted octanol–water partition coefficient (Wildman–Crippen LogP) is 2.67. The number of methoxy groups -OCH3 is 1. The van der Waals surface area contributed by atoms with Crippen molar-refractivity contribution in [2.24, 2.45) is 0 Å². The molecule has 9 nitrogen and oxygen atoms in total. The number of amides is 1. The molecule has 0 fully saturated rings. The van der Waals surface area contributed by atoms with Gasteiger partial charge in [-0.2, -0.15) is 0 Å². The summed E-state index contributed by atoms with van der Waals surface area (Å²) in [5.41, 5.74) is 4.49. The van der Waals surface area contributed by atoms with Gasteiger partial charge in [0.1, 0.15) is 11.8 Å². The summed E-state index contributed by atoms with van der Waals surface area (Å²) < 4.78 is 6.45. The number of hydrogen-bond donors (Lipinski definition) is 4. The Hall–Kier alpha value is -3.05. The lowest BCUT2D eigenvalue weighted by Gasteiger charge is -2.21. The van der Waals surface area contributed by atoms with Gasteiger partial charge in [0.2, 0.25) is 11.9 Å². The van der Waals surface area contributed by atoms with Gasteiger partial charge in [0.15, 0.2) is 0 Å². The van der Waals surface area contributed by atoms with Crippen molar-refractivity contribution in [3.8, 4) is 17.0 Å². The first kappa shape index (κ1) is 25.1. The molecule has 35 heavy (non-hydrogen) atoms. The van der Waals surface area contributed by atoms with Crippen LogP contribution in [0, 0.1) is 0 Å². The SMILES string of the molecule is COc1ccc2cc1CN(C)CCNC(=O)[C@H](CO)NCc1cc(Br)cc(c1)Nc1nccc-2n1. The number of nitrogens with zero attached hydrogens (tertiary/aromatic N) is 3. The largest absolute Gasteiger partial charge is 0.496 e. The number of likely N-dealkylation sites (N-methyl/N-ethyl adjacent to an activating group) is 1. The van der Waals surface area contributed by atoms with E-state index in [4.69, 9.17) is 9.72 Å². The summed E-state index contributed by atoms with van der Waals surface area (Å²) in [6.07, 6.45) is 1.73. The number of anilines is 2. The van der Waals surface area contributed by atoms with Crippen molar-refractivity contribution in [2.45, 2.75) is 19.1 Å². The van der Waals surface area contributed by atoms with E-state index < -0.39 is 6.04 Å². The van der Waals surface area contributed by atoms with Gasteiger partial charge in [0.25, 0.3) is 0 Å². The average molecular weight is 541 g/mol. The summed E-state index contributed by atoms with van der Waals surface area (Å²) in [5.74, 6) is 1.02. The number of ether oxygens (including phenoxy) is 1. The van der Waals surface area contributed by atoms with Gasteiger partial charge in [-0.1, -0.05) is 15.9 Å². The van der Waals surface area contributed by atoms with E-state index in [2.05, 4.69) is 47.8 Å². The van der Waals surface area contributed by atoms with Gasteiger partial charge in [-0.3, -0.25) is 10.1 Å². The minimum absolute atomic E-state index is 0.240. The fraction of sp³-hybridized carbons (Fsp3) is 0.320. The molecule has 1 aromatic heterocycles. The van der Waals surface area contributed by atoms with Crippen molar-refractivity contribution in [3.05, 3.63) is 64.3 Å². The number of carbonyl (C=O) groups excluding carboxylic acids is 1. The number of aliphatic hydroxyl groups is 1. The average Bonchev–Trinajstić information content (AvgIpc) is 2.83. The Kier molecular flexibility index (Phi) is 8.29. The van der Waals surface area contributed by atoms with Crippen molar-refractivity contribution in [1.82, 2.24) is 25.5 Å². The van der Waals surface area contributed by atoms with Gasteiger partial charge in [0.05, 0.1) is 19.4 Å². The van der Waals surface area contributed by atoms with Crippen molar-refractivity contribution < 1.29 is 14.6 Å². The van der Waals surface area contributed by atoms with Crippen LogP contribution in [-0.4, -0.2) is 65.8 Å². The molecule has 1 aliphatic heterocycles. The van der Waals surface area contributed by atoms with Crippen LogP contribution in [0.3, 0.4) is 0 Å². The number of aliphatic hydroxyl groups excluding tert-OH is 1. The highest BCUT2D eigenvalue weighted by molar-refractivity contribution is 9.10. The van der Waals surface area contributed by atoms with Crippen LogP contribution in [0.5, 0.6) is 5.75 Å². The van der Waals surface area contributed by atoms with Crippen molar-refractivity contribution in [1.29, 1.82) is 0 Å². The van der Waals surface area contributed by atoms with Gasteiger partial charge in [-0.15, -0.1) is 0 Å². The molecular formula is C25H29BrN6O3. The van der Waals surface area contributed by atoms with Gasteiger partial charge in [0, 0.05) is 53.7 Å². The van der Waals surface area contributed by atoms with Crippen LogP contribution in [0.25, 0.3) is 11.3 Å². The van der Waals surface area contributed by atoms with Gasteiger partial charge >= 0.3 is 0 Å². The summed E-state index contributed by atoms with van der Waals surface area (Å²) >= 11 is 3.55. The van der Waals surface area contributed by atoms with Gasteiger partial charge < -0.3 is 25.4 Å².